The lowest BCUT2D eigenvalue weighted by Crippen LogP contribution is -2.51. The van der Waals surface area contributed by atoms with Crippen LogP contribution in [0.25, 0.3) is 0 Å². The first-order valence-corrected chi connectivity index (χ1v) is 11.0. The molecule has 2 amide bonds. The summed E-state index contributed by atoms with van der Waals surface area (Å²) >= 11 is 5.96. The number of halogens is 1. The molecule has 1 aromatic heterocycles. The van der Waals surface area contributed by atoms with E-state index in [4.69, 9.17) is 16.3 Å². The summed E-state index contributed by atoms with van der Waals surface area (Å²) in [5.41, 5.74) is 2.07. The molecule has 1 fully saturated rings. The van der Waals surface area contributed by atoms with Crippen molar-refractivity contribution in [2.24, 2.45) is 0 Å². The highest BCUT2D eigenvalue weighted by Gasteiger charge is 2.31. The van der Waals surface area contributed by atoms with E-state index in [9.17, 15) is 9.59 Å². The van der Waals surface area contributed by atoms with Crippen molar-refractivity contribution in [2.45, 2.75) is 32.6 Å². The molecule has 2 aliphatic heterocycles. The molecule has 0 unspecified atom stereocenters. The van der Waals surface area contributed by atoms with Crippen molar-refractivity contribution < 1.29 is 14.3 Å². The van der Waals surface area contributed by atoms with Gasteiger partial charge in [0.05, 0.1) is 25.4 Å². The largest absolute Gasteiger partial charge is 0.365 e. The summed E-state index contributed by atoms with van der Waals surface area (Å²) in [5, 5.41) is 11.9. The number of ether oxygens (including phenoxy) is 1. The molecule has 1 saturated heterocycles. The first-order valence-electron chi connectivity index (χ1n) is 10.6. The van der Waals surface area contributed by atoms with Gasteiger partial charge < -0.3 is 15.0 Å². The Labute approximate surface area is 186 Å². The van der Waals surface area contributed by atoms with Gasteiger partial charge in [-0.2, -0.15) is 0 Å². The van der Waals surface area contributed by atoms with E-state index in [1.807, 2.05) is 31.2 Å². The topological polar surface area (TPSA) is 92.6 Å². The summed E-state index contributed by atoms with van der Waals surface area (Å²) in [5.74, 6) is -0.105. The Kier molecular flexibility index (Phi) is 6.84. The first kappa shape index (κ1) is 21.7. The first-order chi connectivity index (χ1) is 15.0. The molecule has 0 spiro atoms. The van der Waals surface area contributed by atoms with Crippen molar-refractivity contribution >= 4 is 23.4 Å². The van der Waals surface area contributed by atoms with Gasteiger partial charge in [0.25, 0.3) is 5.91 Å². The zero-order valence-corrected chi connectivity index (χ0v) is 18.3. The molecule has 31 heavy (non-hydrogen) atoms. The Morgan fingerprint density at radius 2 is 1.94 bits per heavy atom. The van der Waals surface area contributed by atoms with E-state index in [0.717, 1.165) is 12.0 Å². The van der Waals surface area contributed by atoms with Crippen LogP contribution in [0.4, 0.5) is 0 Å². The fourth-order valence-corrected chi connectivity index (χ4v) is 3.97. The lowest BCUT2D eigenvalue weighted by molar-refractivity contribution is -0.122. The average molecular weight is 447 g/mol. The number of aromatic nitrogens is 3. The van der Waals surface area contributed by atoms with E-state index in [1.54, 1.807) is 9.58 Å². The van der Waals surface area contributed by atoms with Gasteiger partial charge in [0.15, 0.2) is 5.69 Å². The lowest BCUT2D eigenvalue weighted by Gasteiger charge is -2.34. The molecule has 1 N–H and O–H groups in total. The van der Waals surface area contributed by atoms with Crippen LogP contribution in [0.2, 0.25) is 5.02 Å². The number of carbonyl (C=O) groups is 2. The van der Waals surface area contributed by atoms with Gasteiger partial charge in [0.2, 0.25) is 5.91 Å². The Morgan fingerprint density at radius 3 is 2.65 bits per heavy atom. The van der Waals surface area contributed by atoms with Crippen molar-refractivity contribution in [1.29, 1.82) is 0 Å². The molecule has 0 bridgehead atoms. The van der Waals surface area contributed by atoms with Gasteiger partial charge in [-0.3, -0.25) is 14.5 Å². The SMILES string of the molecule is CCCNC(=O)CN1CCN(C(=O)c2nnn3c2CO[C@H](c2ccc(Cl)cc2)C3)CC1. The molecule has 2 aliphatic rings. The van der Waals surface area contributed by atoms with Crippen LogP contribution < -0.4 is 5.32 Å². The van der Waals surface area contributed by atoms with E-state index in [0.29, 0.717) is 62.2 Å². The summed E-state index contributed by atoms with van der Waals surface area (Å²) < 4.78 is 7.75. The minimum absolute atomic E-state index is 0.0291. The Balaban J connectivity index is 1.34. The van der Waals surface area contributed by atoms with Gasteiger partial charge in [0.1, 0.15) is 6.10 Å². The molecular formula is C21H27ClN6O3. The van der Waals surface area contributed by atoms with Crippen LogP contribution >= 0.6 is 11.6 Å². The van der Waals surface area contributed by atoms with Gasteiger partial charge in [-0.15, -0.1) is 5.10 Å². The maximum Gasteiger partial charge on any atom is 0.276 e. The van der Waals surface area contributed by atoms with E-state index in [-0.39, 0.29) is 24.5 Å². The van der Waals surface area contributed by atoms with E-state index in [2.05, 4.69) is 20.5 Å². The minimum atomic E-state index is -0.156. The number of nitrogens with zero attached hydrogens (tertiary/aromatic N) is 5. The van der Waals surface area contributed by atoms with Crippen LogP contribution in [0.15, 0.2) is 24.3 Å². The summed E-state index contributed by atoms with van der Waals surface area (Å²) in [6.45, 7) is 6.28. The quantitative estimate of drug-likeness (QED) is 0.722. The van der Waals surface area contributed by atoms with E-state index < -0.39 is 0 Å². The van der Waals surface area contributed by atoms with Gasteiger partial charge >= 0.3 is 0 Å². The predicted molar refractivity (Wildman–Crippen MR) is 115 cm³/mol. The zero-order chi connectivity index (χ0) is 21.8. The molecule has 1 aromatic carbocycles. The molecule has 0 radical (unpaired) electrons. The molecule has 0 aliphatic carbocycles. The number of rotatable bonds is 6. The highest BCUT2D eigenvalue weighted by Crippen LogP contribution is 2.28. The van der Waals surface area contributed by atoms with E-state index in [1.165, 1.54) is 0 Å². The smallest absolute Gasteiger partial charge is 0.276 e. The number of benzene rings is 1. The number of nitrogens with one attached hydrogen (secondary N) is 1. The summed E-state index contributed by atoms with van der Waals surface area (Å²) in [6.07, 6.45) is 0.762. The lowest BCUT2D eigenvalue weighted by atomic mass is 10.1. The number of hydrogen-bond donors (Lipinski definition) is 1. The second-order valence-electron chi connectivity index (χ2n) is 7.84. The number of fused-ring (bicyclic) bond motifs is 1. The standard InChI is InChI=1S/C21H27ClN6O3/c1-2-7-23-19(29)13-26-8-10-27(11-9-26)21(30)20-17-14-31-18(12-28(17)25-24-20)15-3-5-16(22)6-4-15/h3-6,18H,2,7-14H2,1H3,(H,23,29)/t18-/m0/s1. The summed E-state index contributed by atoms with van der Waals surface area (Å²) in [6, 6.07) is 7.53. The number of amides is 2. The molecular weight excluding hydrogens is 420 g/mol. The van der Waals surface area contributed by atoms with Crippen LogP contribution in [0, 0.1) is 0 Å². The minimum Gasteiger partial charge on any atom is -0.365 e. The van der Waals surface area contributed by atoms with Crippen molar-refractivity contribution in [2.75, 3.05) is 39.3 Å². The normalized spacial score (nSPS) is 19.2. The molecule has 1 atom stereocenters. The predicted octanol–water partition coefficient (Wildman–Crippen LogP) is 1.49. The molecule has 4 rings (SSSR count). The third kappa shape index (κ3) is 5.06. The molecule has 3 heterocycles. The highest BCUT2D eigenvalue weighted by atomic mass is 35.5. The van der Waals surface area contributed by atoms with Crippen molar-refractivity contribution in [3.63, 3.8) is 0 Å². The van der Waals surface area contributed by atoms with Crippen LogP contribution in [0.1, 0.15) is 41.2 Å². The number of piperazine rings is 1. The molecule has 2 aromatic rings. The highest BCUT2D eigenvalue weighted by molar-refractivity contribution is 6.30. The third-order valence-electron chi connectivity index (χ3n) is 5.64. The Morgan fingerprint density at radius 1 is 1.19 bits per heavy atom. The fraction of sp³-hybridized carbons (Fsp3) is 0.524. The van der Waals surface area contributed by atoms with Gasteiger partial charge in [-0.1, -0.05) is 35.9 Å². The van der Waals surface area contributed by atoms with Crippen LogP contribution in [-0.4, -0.2) is 75.9 Å². The van der Waals surface area contributed by atoms with Crippen LogP contribution in [-0.2, 0) is 22.7 Å². The molecule has 10 heteroatoms. The van der Waals surface area contributed by atoms with Crippen molar-refractivity contribution in [3.8, 4) is 0 Å². The monoisotopic (exact) mass is 446 g/mol. The maximum absolute atomic E-state index is 13.0. The zero-order valence-electron chi connectivity index (χ0n) is 17.6. The Hall–Kier alpha value is -2.49. The fourth-order valence-electron chi connectivity index (χ4n) is 3.84. The van der Waals surface area contributed by atoms with Gasteiger partial charge in [0, 0.05) is 37.7 Å². The third-order valence-corrected chi connectivity index (χ3v) is 5.89. The second-order valence-corrected chi connectivity index (χ2v) is 8.27. The maximum atomic E-state index is 13.0. The summed E-state index contributed by atoms with van der Waals surface area (Å²) in [4.78, 5) is 28.8. The van der Waals surface area contributed by atoms with E-state index >= 15 is 0 Å². The van der Waals surface area contributed by atoms with Crippen molar-refractivity contribution in [1.82, 2.24) is 30.1 Å². The van der Waals surface area contributed by atoms with Gasteiger partial charge in [-0.05, 0) is 24.1 Å². The Bertz CT molecular complexity index is 924. The summed E-state index contributed by atoms with van der Waals surface area (Å²) in [7, 11) is 0. The van der Waals surface area contributed by atoms with Crippen molar-refractivity contribution in [3.05, 3.63) is 46.2 Å². The van der Waals surface area contributed by atoms with Crippen LogP contribution in [0.3, 0.4) is 0 Å². The molecule has 166 valence electrons. The second kappa shape index (κ2) is 9.76. The molecule has 9 nitrogen and oxygen atoms in total. The molecule has 0 saturated carbocycles. The number of carbonyl (C=O) groups excluding carboxylic acids is 2. The van der Waals surface area contributed by atoms with Gasteiger partial charge in [-0.25, -0.2) is 4.68 Å². The number of hydrogen-bond acceptors (Lipinski definition) is 6. The average Bonchev–Trinajstić information content (AvgIpc) is 3.21. The van der Waals surface area contributed by atoms with Crippen LogP contribution in [0.5, 0.6) is 0 Å².